The average molecular weight is 413 g/mol. The van der Waals surface area contributed by atoms with E-state index < -0.39 is 6.04 Å². The van der Waals surface area contributed by atoms with Crippen molar-refractivity contribution in [1.29, 1.82) is 0 Å². The van der Waals surface area contributed by atoms with Crippen molar-refractivity contribution >= 4 is 11.8 Å². The molecule has 0 saturated heterocycles. The molecule has 0 aromatic rings. The molecule has 0 bridgehead atoms. The first-order valence-corrected chi connectivity index (χ1v) is 12.3. The van der Waals surface area contributed by atoms with Gasteiger partial charge in [0.2, 0.25) is 11.8 Å². The molecule has 2 amide bonds. The topological polar surface area (TPSA) is 78.4 Å². The van der Waals surface area contributed by atoms with Crippen LogP contribution in [0.15, 0.2) is 0 Å². The van der Waals surface area contributed by atoms with Gasteiger partial charge in [0.1, 0.15) is 6.04 Å². The zero-order valence-electron chi connectivity index (χ0n) is 19.3. The van der Waals surface area contributed by atoms with Crippen LogP contribution in [-0.2, 0) is 9.59 Å². The molecule has 0 heterocycles. The first kappa shape index (κ1) is 27.9. The van der Waals surface area contributed by atoms with E-state index in [0.29, 0.717) is 13.0 Å². The van der Waals surface area contributed by atoms with E-state index in [1.165, 1.54) is 64.2 Å². The molecule has 29 heavy (non-hydrogen) atoms. The lowest BCUT2D eigenvalue weighted by Crippen LogP contribution is -2.49. The molecule has 0 aromatic heterocycles. The zero-order chi connectivity index (χ0) is 21.6. The number of hydrogen-bond donors (Lipinski definition) is 3. The van der Waals surface area contributed by atoms with Crippen LogP contribution in [0.1, 0.15) is 123 Å². The number of nitrogens with one attached hydrogen (secondary N) is 2. The standard InChI is InChI=1S/C24H48N2O3/c1-3-5-7-9-10-11-12-13-14-15-16-17-19-23(28)26-22(21-27)24(29)25-20-18-8-6-4-2/h22,27H,3-21H2,1-2H3,(H,25,29)(H,26,28)/t22-/m0/s1. The van der Waals surface area contributed by atoms with Gasteiger partial charge in [-0.2, -0.15) is 0 Å². The Morgan fingerprint density at radius 2 is 1.14 bits per heavy atom. The van der Waals surface area contributed by atoms with Crippen LogP contribution in [0.4, 0.5) is 0 Å². The summed E-state index contributed by atoms with van der Waals surface area (Å²) in [5.41, 5.74) is 0. The summed E-state index contributed by atoms with van der Waals surface area (Å²) >= 11 is 0. The fraction of sp³-hybridized carbons (Fsp3) is 0.917. The van der Waals surface area contributed by atoms with Gasteiger partial charge in [-0.25, -0.2) is 0 Å². The zero-order valence-corrected chi connectivity index (χ0v) is 19.3. The molecule has 5 nitrogen and oxygen atoms in total. The highest BCUT2D eigenvalue weighted by Crippen LogP contribution is 2.12. The second kappa shape index (κ2) is 21.6. The summed E-state index contributed by atoms with van der Waals surface area (Å²) in [7, 11) is 0. The molecule has 1 atom stereocenters. The highest BCUT2D eigenvalue weighted by Gasteiger charge is 2.18. The van der Waals surface area contributed by atoms with Crippen molar-refractivity contribution in [3.63, 3.8) is 0 Å². The maximum Gasteiger partial charge on any atom is 0.244 e. The monoisotopic (exact) mass is 412 g/mol. The predicted molar refractivity (Wildman–Crippen MR) is 122 cm³/mol. The lowest BCUT2D eigenvalue weighted by Gasteiger charge is -2.16. The third kappa shape index (κ3) is 18.7. The molecule has 0 saturated carbocycles. The molecular formula is C24H48N2O3. The number of unbranched alkanes of at least 4 members (excludes halogenated alkanes) is 14. The van der Waals surface area contributed by atoms with Gasteiger partial charge in [0.05, 0.1) is 6.61 Å². The average Bonchev–Trinajstić information content (AvgIpc) is 2.72. The molecule has 0 aliphatic heterocycles. The molecule has 0 unspecified atom stereocenters. The quantitative estimate of drug-likeness (QED) is 0.225. The molecule has 5 heteroatoms. The van der Waals surface area contributed by atoms with E-state index >= 15 is 0 Å². The largest absolute Gasteiger partial charge is 0.394 e. The summed E-state index contributed by atoms with van der Waals surface area (Å²) in [5, 5.41) is 14.8. The first-order chi connectivity index (χ1) is 14.2. The van der Waals surface area contributed by atoms with Crippen LogP contribution in [0.25, 0.3) is 0 Å². The molecule has 0 aliphatic carbocycles. The highest BCUT2D eigenvalue weighted by atomic mass is 16.3. The minimum atomic E-state index is -0.828. The molecule has 3 N–H and O–H groups in total. The summed E-state index contributed by atoms with van der Waals surface area (Å²) in [6, 6.07) is -0.828. The lowest BCUT2D eigenvalue weighted by molar-refractivity contribution is -0.130. The molecule has 0 aliphatic rings. The number of aliphatic hydroxyl groups is 1. The van der Waals surface area contributed by atoms with E-state index in [2.05, 4.69) is 24.5 Å². The molecule has 0 radical (unpaired) electrons. The molecular weight excluding hydrogens is 364 g/mol. The third-order valence-corrected chi connectivity index (χ3v) is 5.42. The van der Waals surface area contributed by atoms with E-state index in [1.807, 2.05) is 0 Å². The minimum absolute atomic E-state index is 0.141. The van der Waals surface area contributed by atoms with Gasteiger partial charge in [0.15, 0.2) is 0 Å². The van der Waals surface area contributed by atoms with E-state index in [-0.39, 0.29) is 18.4 Å². The molecule has 172 valence electrons. The van der Waals surface area contributed by atoms with E-state index in [1.54, 1.807) is 0 Å². The van der Waals surface area contributed by atoms with Gasteiger partial charge in [0, 0.05) is 13.0 Å². The Morgan fingerprint density at radius 3 is 1.62 bits per heavy atom. The van der Waals surface area contributed by atoms with Crippen LogP contribution in [0.3, 0.4) is 0 Å². The minimum Gasteiger partial charge on any atom is -0.394 e. The smallest absolute Gasteiger partial charge is 0.244 e. The third-order valence-electron chi connectivity index (χ3n) is 5.42. The molecule has 0 spiro atoms. The fourth-order valence-corrected chi connectivity index (χ4v) is 3.47. The van der Waals surface area contributed by atoms with Crippen LogP contribution in [0, 0.1) is 0 Å². The van der Waals surface area contributed by atoms with Crippen molar-refractivity contribution in [2.45, 2.75) is 129 Å². The second-order valence-corrected chi connectivity index (χ2v) is 8.29. The summed E-state index contributed by atoms with van der Waals surface area (Å²) < 4.78 is 0. The number of aliphatic hydroxyl groups excluding tert-OH is 1. The van der Waals surface area contributed by atoms with E-state index in [0.717, 1.165) is 38.5 Å². The maximum atomic E-state index is 12.0. The predicted octanol–water partition coefficient (Wildman–Crippen LogP) is 5.25. The lowest BCUT2D eigenvalue weighted by atomic mass is 10.0. The fourth-order valence-electron chi connectivity index (χ4n) is 3.47. The van der Waals surface area contributed by atoms with Crippen molar-refractivity contribution in [1.82, 2.24) is 10.6 Å². The molecule has 0 rings (SSSR count). The highest BCUT2D eigenvalue weighted by molar-refractivity contribution is 5.87. The molecule has 0 aromatic carbocycles. The Bertz CT molecular complexity index is 388. The van der Waals surface area contributed by atoms with Crippen LogP contribution in [0.5, 0.6) is 0 Å². The number of hydrogen-bond acceptors (Lipinski definition) is 3. The Balaban J connectivity index is 3.59. The number of rotatable bonds is 21. The van der Waals surface area contributed by atoms with Crippen molar-refractivity contribution in [2.24, 2.45) is 0 Å². The number of carbonyl (C=O) groups is 2. The summed E-state index contributed by atoms with van der Waals surface area (Å²) in [4.78, 5) is 24.0. The Morgan fingerprint density at radius 1 is 0.690 bits per heavy atom. The van der Waals surface area contributed by atoms with Gasteiger partial charge < -0.3 is 15.7 Å². The number of carbonyl (C=O) groups excluding carboxylic acids is 2. The summed E-state index contributed by atoms with van der Waals surface area (Å²) in [5.74, 6) is -0.427. The Hall–Kier alpha value is -1.10. The summed E-state index contributed by atoms with van der Waals surface area (Å²) in [6.07, 6.45) is 19.9. The van der Waals surface area contributed by atoms with Crippen LogP contribution in [0.2, 0.25) is 0 Å². The normalized spacial score (nSPS) is 12.0. The van der Waals surface area contributed by atoms with E-state index in [9.17, 15) is 14.7 Å². The first-order valence-electron chi connectivity index (χ1n) is 12.3. The Labute approximate surface area is 179 Å². The van der Waals surface area contributed by atoms with Crippen molar-refractivity contribution in [2.75, 3.05) is 13.2 Å². The second-order valence-electron chi connectivity index (χ2n) is 8.29. The van der Waals surface area contributed by atoms with Gasteiger partial charge in [-0.05, 0) is 12.8 Å². The van der Waals surface area contributed by atoms with Crippen molar-refractivity contribution in [3.05, 3.63) is 0 Å². The van der Waals surface area contributed by atoms with Gasteiger partial charge in [-0.3, -0.25) is 9.59 Å². The van der Waals surface area contributed by atoms with Gasteiger partial charge in [-0.1, -0.05) is 104 Å². The summed E-state index contributed by atoms with van der Waals surface area (Å²) in [6.45, 7) is 4.64. The van der Waals surface area contributed by atoms with Crippen LogP contribution < -0.4 is 10.6 Å². The van der Waals surface area contributed by atoms with E-state index in [4.69, 9.17) is 0 Å². The number of amides is 2. The van der Waals surface area contributed by atoms with Gasteiger partial charge in [0.25, 0.3) is 0 Å². The van der Waals surface area contributed by atoms with Crippen molar-refractivity contribution < 1.29 is 14.7 Å². The van der Waals surface area contributed by atoms with Crippen molar-refractivity contribution in [3.8, 4) is 0 Å². The Kier molecular flexibility index (Phi) is 20.8. The molecule has 0 fully saturated rings. The van der Waals surface area contributed by atoms with Gasteiger partial charge in [-0.15, -0.1) is 0 Å². The van der Waals surface area contributed by atoms with Gasteiger partial charge >= 0.3 is 0 Å². The maximum absolute atomic E-state index is 12.0. The van der Waals surface area contributed by atoms with Crippen LogP contribution >= 0.6 is 0 Å². The van der Waals surface area contributed by atoms with Crippen LogP contribution in [-0.4, -0.2) is 36.1 Å². The SMILES string of the molecule is CCCCCCCCCCCCCCC(=O)N[C@@H](CO)C(=O)NCCCCCC.